The quantitative estimate of drug-likeness (QED) is 0.862. The van der Waals surface area contributed by atoms with E-state index in [9.17, 15) is 0 Å². The molecule has 2 unspecified atom stereocenters. The van der Waals surface area contributed by atoms with Crippen LogP contribution in [0, 0.1) is 5.92 Å². The maximum absolute atomic E-state index is 6.06. The van der Waals surface area contributed by atoms with E-state index in [0.717, 1.165) is 31.1 Å². The van der Waals surface area contributed by atoms with E-state index in [1.165, 1.54) is 11.1 Å². The first kappa shape index (κ1) is 14.8. The van der Waals surface area contributed by atoms with Gasteiger partial charge < -0.3 is 10.1 Å². The molecule has 1 aliphatic rings. The van der Waals surface area contributed by atoms with Crippen LogP contribution in [0.15, 0.2) is 18.2 Å². The van der Waals surface area contributed by atoms with Crippen molar-refractivity contribution >= 4 is 11.6 Å². The van der Waals surface area contributed by atoms with Gasteiger partial charge in [-0.1, -0.05) is 31.5 Å². The van der Waals surface area contributed by atoms with Crippen molar-refractivity contribution in [3.05, 3.63) is 34.3 Å². The zero-order valence-corrected chi connectivity index (χ0v) is 12.8. The van der Waals surface area contributed by atoms with Crippen molar-refractivity contribution in [1.82, 2.24) is 5.32 Å². The molecule has 0 radical (unpaired) electrons. The van der Waals surface area contributed by atoms with Crippen LogP contribution in [0.4, 0.5) is 0 Å². The number of fused-ring (bicyclic) bond motifs is 1. The molecule has 1 aromatic carbocycles. The molecule has 0 heterocycles. The number of benzene rings is 1. The molecule has 2 rings (SSSR count). The van der Waals surface area contributed by atoms with Crippen molar-refractivity contribution in [2.75, 3.05) is 13.2 Å². The van der Waals surface area contributed by atoms with Gasteiger partial charge in [0.25, 0.3) is 0 Å². The fourth-order valence-corrected chi connectivity index (χ4v) is 2.88. The van der Waals surface area contributed by atoms with E-state index < -0.39 is 0 Å². The summed E-state index contributed by atoms with van der Waals surface area (Å²) in [6, 6.07) is 7.19. The molecule has 3 heteroatoms. The van der Waals surface area contributed by atoms with Crippen molar-refractivity contribution in [3.63, 3.8) is 0 Å². The van der Waals surface area contributed by atoms with Crippen LogP contribution in [0.3, 0.4) is 0 Å². The van der Waals surface area contributed by atoms with Crippen LogP contribution >= 0.6 is 11.6 Å². The van der Waals surface area contributed by atoms with Crippen molar-refractivity contribution in [2.45, 2.75) is 45.7 Å². The van der Waals surface area contributed by atoms with Gasteiger partial charge in [-0.15, -0.1) is 0 Å². The Labute approximate surface area is 121 Å². The molecule has 106 valence electrons. The number of rotatable bonds is 6. The molecule has 1 N–H and O–H groups in total. The molecule has 19 heavy (non-hydrogen) atoms. The van der Waals surface area contributed by atoms with Crippen LogP contribution in [0.25, 0.3) is 0 Å². The van der Waals surface area contributed by atoms with Crippen LogP contribution in [0.5, 0.6) is 0 Å². The lowest BCUT2D eigenvalue weighted by molar-refractivity contribution is 0.104. The Bertz CT molecular complexity index is 419. The summed E-state index contributed by atoms with van der Waals surface area (Å²) in [6.07, 6.45) is 2.17. The molecule has 0 saturated carbocycles. The molecule has 0 bridgehead atoms. The normalized spacial score (nSPS) is 19.7. The summed E-state index contributed by atoms with van der Waals surface area (Å²) in [7, 11) is 0. The molecule has 2 nitrogen and oxygen atoms in total. The first-order chi connectivity index (χ1) is 9.10. The summed E-state index contributed by atoms with van der Waals surface area (Å²) in [4.78, 5) is 0. The highest BCUT2D eigenvalue weighted by atomic mass is 35.5. The van der Waals surface area contributed by atoms with Gasteiger partial charge in [-0.3, -0.25) is 0 Å². The molecular formula is C16H24ClNO. The van der Waals surface area contributed by atoms with Crippen LogP contribution < -0.4 is 5.32 Å². The first-order valence-corrected chi connectivity index (χ1v) is 7.59. The Morgan fingerprint density at radius 2 is 2.05 bits per heavy atom. The molecule has 1 aromatic rings. The van der Waals surface area contributed by atoms with Gasteiger partial charge in [-0.2, -0.15) is 0 Å². The Balaban J connectivity index is 1.94. The standard InChI is InChI=1S/C16H24ClNO/c1-4-19-10-16(11(2)3)18-15-8-12-5-6-14(17)7-13(12)9-15/h5-7,11,15-16,18H,4,8-10H2,1-3H3. The lowest BCUT2D eigenvalue weighted by Crippen LogP contribution is -2.44. The molecule has 0 saturated heterocycles. The summed E-state index contributed by atoms with van der Waals surface area (Å²) < 4.78 is 5.58. The maximum atomic E-state index is 6.06. The van der Waals surface area contributed by atoms with Gasteiger partial charge in [0.05, 0.1) is 6.61 Å². The van der Waals surface area contributed by atoms with Gasteiger partial charge in [0.15, 0.2) is 0 Å². The minimum absolute atomic E-state index is 0.426. The van der Waals surface area contributed by atoms with Crippen molar-refractivity contribution in [1.29, 1.82) is 0 Å². The van der Waals surface area contributed by atoms with E-state index in [1.54, 1.807) is 0 Å². The highest BCUT2D eigenvalue weighted by molar-refractivity contribution is 6.30. The van der Waals surface area contributed by atoms with Crippen molar-refractivity contribution in [2.24, 2.45) is 5.92 Å². The van der Waals surface area contributed by atoms with E-state index in [4.69, 9.17) is 16.3 Å². The fourth-order valence-electron chi connectivity index (χ4n) is 2.69. The summed E-state index contributed by atoms with van der Waals surface area (Å²) in [5.41, 5.74) is 2.82. The zero-order chi connectivity index (χ0) is 13.8. The van der Waals surface area contributed by atoms with Gasteiger partial charge in [0.2, 0.25) is 0 Å². The third kappa shape index (κ3) is 3.95. The Hall–Kier alpha value is -0.570. The van der Waals surface area contributed by atoms with Gasteiger partial charge in [-0.05, 0) is 48.9 Å². The third-order valence-corrected chi connectivity index (χ3v) is 4.09. The second-order valence-electron chi connectivity index (χ2n) is 5.69. The molecule has 0 fully saturated rings. The van der Waals surface area contributed by atoms with E-state index in [0.29, 0.717) is 18.0 Å². The second kappa shape index (κ2) is 6.74. The number of hydrogen-bond donors (Lipinski definition) is 1. The van der Waals surface area contributed by atoms with Crippen LogP contribution in [0.2, 0.25) is 5.02 Å². The minimum Gasteiger partial charge on any atom is -0.380 e. The van der Waals surface area contributed by atoms with E-state index in [2.05, 4.69) is 31.3 Å². The average Bonchev–Trinajstić information content (AvgIpc) is 2.75. The number of ether oxygens (including phenoxy) is 1. The predicted molar refractivity (Wildman–Crippen MR) is 80.9 cm³/mol. The third-order valence-electron chi connectivity index (χ3n) is 3.86. The van der Waals surface area contributed by atoms with Crippen molar-refractivity contribution in [3.8, 4) is 0 Å². The summed E-state index contributed by atoms with van der Waals surface area (Å²) in [6.45, 7) is 8.11. The van der Waals surface area contributed by atoms with Gasteiger partial charge in [-0.25, -0.2) is 0 Å². The van der Waals surface area contributed by atoms with Crippen molar-refractivity contribution < 1.29 is 4.74 Å². The number of halogens is 1. The second-order valence-corrected chi connectivity index (χ2v) is 6.13. The lowest BCUT2D eigenvalue weighted by atomic mass is 10.0. The van der Waals surface area contributed by atoms with E-state index in [1.807, 2.05) is 13.0 Å². The molecular weight excluding hydrogens is 258 g/mol. The number of nitrogens with one attached hydrogen (secondary N) is 1. The van der Waals surface area contributed by atoms with Crippen LogP contribution in [-0.2, 0) is 17.6 Å². The summed E-state index contributed by atoms with van der Waals surface area (Å²) in [5.74, 6) is 0.582. The first-order valence-electron chi connectivity index (χ1n) is 7.21. The average molecular weight is 282 g/mol. The SMILES string of the molecule is CCOCC(NC1Cc2ccc(Cl)cc2C1)C(C)C. The molecule has 0 amide bonds. The predicted octanol–water partition coefficient (Wildman–Crippen LogP) is 3.46. The van der Waals surface area contributed by atoms with E-state index >= 15 is 0 Å². The van der Waals surface area contributed by atoms with E-state index in [-0.39, 0.29) is 0 Å². The van der Waals surface area contributed by atoms with Gasteiger partial charge in [0.1, 0.15) is 0 Å². The zero-order valence-electron chi connectivity index (χ0n) is 12.1. The minimum atomic E-state index is 0.426. The number of hydrogen-bond acceptors (Lipinski definition) is 2. The monoisotopic (exact) mass is 281 g/mol. The largest absolute Gasteiger partial charge is 0.380 e. The van der Waals surface area contributed by atoms with Gasteiger partial charge in [0, 0.05) is 23.7 Å². The molecule has 0 aliphatic heterocycles. The highest BCUT2D eigenvalue weighted by Crippen LogP contribution is 2.26. The van der Waals surface area contributed by atoms with Crippen LogP contribution in [-0.4, -0.2) is 25.3 Å². The summed E-state index contributed by atoms with van der Waals surface area (Å²) >= 11 is 6.06. The highest BCUT2D eigenvalue weighted by Gasteiger charge is 2.25. The smallest absolute Gasteiger partial charge is 0.0622 e. The Morgan fingerprint density at radius 3 is 2.74 bits per heavy atom. The topological polar surface area (TPSA) is 21.3 Å². The lowest BCUT2D eigenvalue weighted by Gasteiger charge is -2.26. The Morgan fingerprint density at radius 1 is 1.32 bits per heavy atom. The Kier molecular flexibility index (Phi) is 5.26. The molecule has 0 aromatic heterocycles. The molecule has 0 spiro atoms. The fraction of sp³-hybridized carbons (Fsp3) is 0.625. The molecule has 1 aliphatic carbocycles. The summed E-state index contributed by atoms with van der Waals surface area (Å²) in [5, 5.41) is 4.59. The van der Waals surface area contributed by atoms with Gasteiger partial charge >= 0.3 is 0 Å². The van der Waals surface area contributed by atoms with Crippen LogP contribution in [0.1, 0.15) is 31.9 Å². The maximum Gasteiger partial charge on any atom is 0.0622 e. The molecule has 2 atom stereocenters.